The first-order valence-electron chi connectivity index (χ1n) is 8.52. The van der Waals surface area contributed by atoms with Crippen LogP contribution in [0, 0.1) is 5.82 Å². The van der Waals surface area contributed by atoms with Gasteiger partial charge in [0.2, 0.25) is 0 Å². The summed E-state index contributed by atoms with van der Waals surface area (Å²) in [4.78, 5) is 17.4. The summed E-state index contributed by atoms with van der Waals surface area (Å²) in [6.45, 7) is 0.234. The van der Waals surface area contributed by atoms with Gasteiger partial charge in [0.15, 0.2) is 0 Å². The first-order chi connectivity index (χ1) is 13.0. The normalized spacial score (nSPS) is 13.6. The average Bonchev–Trinajstić information content (AvgIpc) is 3.40. The van der Waals surface area contributed by atoms with E-state index >= 15 is 0 Å². The van der Waals surface area contributed by atoms with Gasteiger partial charge in [-0.3, -0.25) is 4.79 Å². The van der Waals surface area contributed by atoms with Crippen molar-refractivity contribution in [2.45, 2.75) is 25.3 Å². The zero-order valence-electron chi connectivity index (χ0n) is 14.2. The fourth-order valence-electron chi connectivity index (χ4n) is 2.74. The first kappa shape index (κ1) is 17.9. The van der Waals surface area contributed by atoms with E-state index in [1.54, 1.807) is 30.5 Å². The van der Waals surface area contributed by atoms with Crippen molar-refractivity contribution in [3.63, 3.8) is 0 Å². The number of phenols is 1. The number of phenolic OH excluding ortho intramolecular Hbond substituents is 1. The lowest BCUT2D eigenvalue weighted by Crippen LogP contribution is -2.23. The van der Waals surface area contributed by atoms with E-state index in [0.717, 1.165) is 23.4 Å². The van der Waals surface area contributed by atoms with Crippen molar-refractivity contribution < 1.29 is 14.3 Å². The van der Waals surface area contributed by atoms with Gasteiger partial charge in [0.25, 0.3) is 5.91 Å². The lowest BCUT2D eigenvalue weighted by atomic mass is 10.1. The van der Waals surface area contributed by atoms with Gasteiger partial charge in [-0.05, 0) is 42.7 Å². The molecule has 0 bridgehead atoms. The Bertz CT molecular complexity index is 1000. The van der Waals surface area contributed by atoms with Gasteiger partial charge in [-0.1, -0.05) is 23.7 Å². The molecule has 7 heteroatoms. The SMILES string of the molecule is O=C(NCc1ccc(Cl)cc1)c1cc(O)c(-c2cnc(C3CC3)s2)cc1F. The summed E-state index contributed by atoms with van der Waals surface area (Å²) < 4.78 is 14.5. The standard InChI is InChI=1S/C20H16ClFN2O2S/c21-13-5-1-11(2-6-13)9-23-19(26)14-8-17(25)15(7-16(14)22)18-10-24-20(27-18)12-3-4-12/h1-2,5-8,10,12,25H,3-4,9H2,(H,23,26). The summed E-state index contributed by atoms with van der Waals surface area (Å²) >= 11 is 7.28. The number of aromatic hydroxyl groups is 1. The number of halogens is 2. The van der Waals surface area contributed by atoms with Gasteiger partial charge in [-0.2, -0.15) is 0 Å². The Kier molecular flexibility index (Phi) is 4.85. The van der Waals surface area contributed by atoms with E-state index in [-0.39, 0.29) is 17.9 Å². The molecule has 0 aliphatic heterocycles. The average molecular weight is 403 g/mol. The second kappa shape index (κ2) is 7.29. The fourth-order valence-corrected chi connectivity index (χ4v) is 3.98. The minimum atomic E-state index is -0.683. The smallest absolute Gasteiger partial charge is 0.254 e. The molecule has 0 saturated heterocycles. The van der Waals surface area contributed by atoms with Gasteiger partial charge in [0, 0.05) is 29.2 Å². The Labute approximate surface area is 164 Å². The number of hydrogen-bond acceptors (Lipinski definition) is 4. The number of nitrogens with zero attached hydrogens (tertiary/aromatic N) is 1. The molecule has 2 N–H and O–H groups in total. The summed E-state index contributed by atoms with van der Waals surface area (Å²) in [6.07, 6.45) is 3.90. The zero-order valence-corrected chi connectivity index (χ0v) is 15.8. The second-order valence-corrected chi connectivity index (χ2v) is 7.99. The summed E-state index contributed by atoms with van der Waals surface area (Å²) in [5, 5.41) is 14.6. The molecule has 1 aliphatic carbocycles. The van der Waals surface area contributed by atoms with Gasteiger partial charge in [0.05, 0.1) is 15.4 Å². The molecule has 1 amide bonds. The maximum atomic E-state index is 14.5. The quantitative estimate of drug-likeness (QED) is 0.623. The molecule has 1 fully saturated rings. The third-order valence-electron chi connectivity index (χ3n) is 4.41. The Morgan fingerprint density at radius 1 is 1.30 bits per heavy atom. The Morgan fingerprint density at radius 2 is 2.04 bits per heavy atom. The van der Waals surface area contributed by atoms with Crippen LogP contribution < -0.4 is 5.32 Å². The summed E-state index contributed by atoms with van der Waals surface area (Å²) in [5.41, 5.74) is 0.995. The molecule has 0 atom stereocenters. The molecule has 2 aromatic carbocycles. The van der Waals surface area contributed by atoms with Crippen LogP contribution in [0.2, 0.25) is 5.02 Å². The number of rotatable bonds is 5. The van der Waals surface area contributed by atoms with Crippen molar-refractivity contribution in [2.75, 3.05) is 0 Å². The third-order valence-corrected chi connectivity index (χ3v) is 5.86. The molecule has 4 rings (SSSR count). The molecular weight excluding hydrogens is 387 g/mol. The van der Waals surface area contributed by atoms with Crippen molar-refractivity contribution in [1.82, 2.24) is 10.3 Å². The van der Waals surface area contributed by atoms with E-state index in [0.29, 0.717) is 21.4 Å². The molecule has 0 radical (unpaired) electrons. The van der Waals surface area contributed by atoms with E-state index in [1.165, 1.54) is 23.5 Å². The maximum absolute atomic E-state index is 14.5. The Balaban J connectivity index is 1.51. The summed E-state index contributed by atoms with van der Waals surface area (Å²) in [5.74, 6) is -0.919. The summed E-state index contributed by atoms with van der Waals surface area (Å²) in [6, 6.07) is 9.35. The first-order valence-corrected chi connectivity index (χ1v) is 9.72. The molecule has 1 aliphatic rings. The van der Waals surface area contributed by atoms with Crippen molar-refractivity contribution in [2.24, 2.45) is 0 Å². The highest BCUT2D eigenvalue weighted by Gasteiger charge is 2.27. The fraction of sp³-hybridized carbons (Fsp3) is 0.200. The lowest BCUT2D eigenvalue weighted by Gasteiger charge is -2.09. The van der Waals surface area contributed by atoms with E-state index in [2.05, 4.69) is 10.3 Å². The Morgan fingerprint density at radius 3 is 2.74 bits per heavy atom. The van der Waals surface area contributed by atoms with Crippen LogP contribution >= 0.6 is 22.9 Å². The van der Waals surface area contributed by atoms with Crippen molar-refractivity contribution >= 4 is 28.8 Å². The van der Waals surface area contributed by atoms with E-state index in [9.17, 15) is 14.3 Å². The maximum Gasteiger partial charge on any atom is 0.254 e. The molecule has 138 valence electrons. The molecule has 1 heterocycles. The van der Waals surface area contributed by atoms with Crippen LogP contribution in [0.25, 0.3) is 10.4 Å². The van der Waals surface area contributed by atoms with Crippen LogP contribution in [0.1, 0.15) is 39.7 Å². The van der Waals surface area contributed by atoms with Gasteiger partial charge in [-0.15, -0.1) is 11.3 Å². The highest BCUT2D eigenvalue weighted by molar-refractivity contribution is 7.15. The lowest BCUT2D eigenvalue weighted by molar-refractivity contribution is 0.0946. The second-order valence-electron chi connectivity index (χ2n) is 6.50. The number of hydrogen-bond donors (Lipinski definition) is 2. The third kappa shape index (κ3) is 3.96. The number of carbonyl (C=O) groups is 1. The molecule has 3 aromatic rings. The minimum Gasteiger partial charge on any atom is -0.507 e. The molecule has 1 aromatic heterocycles. The topological polar surface area (TPSA) is 62.2 Å². The highest BCUT2D eigenvalue weighted by Crippen LogP contribution is 2.44. The van der Waals surface area contributed by atoms with Gasteiger partial charge in [-0.25, -0.2) is 9.37 Å². The summed E-state index contributed by atoms with van der Waals surface area (Å²) in [7, 11) is 0. The van der Waals surface area contributed by atoms with E-state index in [1.807, 2.05) is 0 Å². The van der Waals surface area contributed by atoms with Gasteiger partial charge in [0.1, 0.15) is 11.6 Å². The van der Waals surface area contributed by atoms with Crippen LogP contribution in [-0.4, -0.2) is 16.0 Å². The number of aromatic nitrogens is 1. The van der Waals surface area contributed by atoms with E-state index < -0.39 is 11.7 Å². The largest absolute Gasteiger partial charge is 0.507 e. The van der Waals surface area contributed by atoms with Crippen LogP contribution in [0.5, 0.6) is 5.75 Å². The predicted molar refractivity (Wildman–Crippen MR) is 104 cm³/mol. The molecule has 1 saturated carbocycles. The van der Waals surface area contributed by atoms with Crippen LogP contribution in [0.3, 0.4) is 0 Å². The molecule has 0 unspecified atom stereocenters. The van der Waals surface area contributed by atoms with Crippen molar-refractivity contribution in [1.29, 1.82) is 0 Å². The van der Waals surface area contributed by atoms with E-state index in [4.69, 9.17) is 11.6 Å². The molecular formula is C20H16ClFN2O2S. The van der Waals surface area contributed by atoms with Crippen molar-refractivity contribution in [3.8, 4) is 16.2 Å². The predicted octanol–water partition coefficient (Wildman–Crippen LogP) is 5.12. The number of amides is 1. The molecule has 27 heavy (non-hydrogen) atoms. The van der Waals surface area contributed by atoms with Gasteiger partial charge >= 0.3 is 0 Å². The highest BCUT2D eigenvalue weighted by atomic mass is 35.5. The van der Waals surface area contributed by atoms with Crippen LogP contribution in [-0.2, 0) is 6.54 Å². The zero-order chi connectivity index (χ0) is 19.0. The molecule has 0 spiro atoms. The van der Waals surface area contributed by atoms with Crippen LogP contribution in [0.15, 0.2) is 42.6 Å². The van der Waals surface area contributed by atoms with Gasteiger partial charge < -0.3 is 10.4 Å². The van der Waals surface area contributed by atoms with Crippen LogP contribution in [0.4, 0.5) is 4.39 Å². The monoisotopic (exact) mass is 402 g/mol. The molecule has 4 nitrogen and oxygen atoms in total. The number of benzene rings is 2. The Hall–Kier alpha value is -2.44. The number of carbonyl (C=O) groups excluding carboxylic acids is 1. The van der Waals surface area contributed by atoms with Crippen molar-refractivity contribution in [3.05, 3.63) is 69.6 Å². The minimum absolute atomic E-state index is 0.140. The number of thiazole rings is 1. The number of nitrogens with one attached hydrogen (secondary N) is 1.